The van der Waals surface area contributed by atoms with E-state index in [4.69, 9.17) is 26.8 Å². The first kappa shape index (κ1) is 14.1. The fourth-order valence-electron chi connectivity index (χ4n) is 2.05. The molecule has 1 amide bonds. The fraction of sp³-hybridized carbons (Fsp3) is 0.462. The molecule has 0 atom stereocenters. The fourth-order valence-corrected chi connectivity index (χ4v) is 2.28. The number of carbonyl (C=O) groups excluding carboxylic acids is 1. The Kier molecular flexibility index (Phi) is 4.63. The van der Waals surface area contributed by atoms with E-state index in [0.29, 0.717) is 10.8 Å². The van der Waals surface area contributed by atoms with Crippen molar-refractivity contribution in [3.05, 3.63) is 28.3 Å². The van der Waals surface area contributed by atoms with Gasteiger partial charge in [0.25, 0.3) is 0 Å². The molecule has 2 N–H and O–H groups in total. The second-order valence-electron chi connectivity index (χ2n) is 4.50. The Bertz CT molecular complexity index is 473. The molecule has 2 rings (SSSR count). The highest BCUT2D eigenvalue weighted by Crippen LogP contribution is 2.27. The maximum absolute atomic E-state index is 10.8. The highest BCUT2D eigenvalue weighted by atomic mass is 35.5. The quantitative estimate of drug-likeness (QED) is 0.921. The van der Waals surface area contributed by atoms with Gasteiger partial charge in [0.2, 0.25) is 0 Å². The molecule has 0 saturated carbocycles. The number of primary amides is 1. The van der Waals surface area contributed by atoms with Crippen LogP contribution >= 0.6 is 11.6 Å². The third-order valence-electron chi connectivity index (χ3n) is 3.14. The topological polar surface area (TPSA) is 64.8 Å². The molecule has 0 aromatic heterocycles. The zero-order valence-corrected chi connectivity index (χ0v) is 11.6. The summed E-state index contributed by atoms with van der Waals surface area (Å²) in [5.74, 6) is 0.381. The largest absolute Gasteiger partial charge is 0.410 e. The van der Waals surface area contributed by atoms with E-state index in [1.54, 1.807) is 12.1 Å². The predicted molar refractivity (Wildman–Crippen MR) is 72.5 cm³/mol. The zero-order valence-electron chi connectivity index (χ0n) is 10.8. The first-order valence-corrected chi connectivity index (χ1v) is 6.50. The number of halogens is 1. The molecule has 1 aliphatic rings. The first-order valence-electron chi connectivity index (χ1n) is 6.12. The van der Waals surface area contributed by atoms with Crippen LogP contribution in [0.1, 0.15) is 11.1 Å². The lowest BCUT2D eigenvalue weighted by Crippen LogP contribution is -2.35. The summed E-state index contributed by atoms with van der Waals surface area (Å²) in [5.41, 5.74) is 7.04. The van der Waals surface area contributed by atoms with Crippen LogP contribution in [0.5, 0.6) is 5.75 Å². The molecule has 1 fully saturated rings. The number of rotatable bonds is 3. The maximum atomic E-state index is 10.8. The summed E-state index contributed by atoms with van der Waals surface area (Å²) >= 11 is 6.14. The molecule has 0 aliphatic carbocycles. The lowest BCUT2D eigenvalue weighted by atomic mass is 10.1. The predicted octanol–water partition coefficient (Wildman–Crippen LogP) is 1.94. The highest BCUT2D eigenvalue weighted by Gasteiger charge is 2.14. The number of morpholine rings is 1. The molecular weight excluding hydrogens is 268 g/mol. The smallest absolute Gasteiger partial charge is 0.409 e. The lowest BCUT2D eigenvalue weighted by molar-refractivity contribution is 0.0341. The molecule has 6 heteroatoms. The summed E-state index contributed by atoms with van der Waals surface area (Å²) in [6.07, 6.45) is -0.836. The molecule has 0 spiro atoms. The van der Waals surface area contributed by atoms with E-state index in [1.165, 1.54) is 0 Å². The average Bonchev–Trinajstić information content (AvgIpc) is 2.36. The van der Waals surface area contributed by atoms with Gasteiger partial charge in [-0.25, -0.2) is 4.79 Å². The van der Waals surface area contributed by atoms with Crippen molar-refractivity contribution in [1.29, 1.82) is 0 Å². The molecule has 5 nitrogen and oxygen atoms in total. The second-order valence-corrected chi connectivity index (χ2v) is 4.91. The Morgan fingerprint density at radius 1 is 1.47 bits per heavy atom. The van der Waals surface area contributed by atoms with Crippen LogP contribution in [0.15, 0.2) is 12.1 Å². The van der Waals surface area contributed by atoms with Crippen molar-refractivity contribution in [2.24, 2.45) is 5.73 Å². The Morgan fingerprint density at radius 2 is 2.16 bits per heavy atom. The summed E-state index contributed by atoms with van der Waals surface area (Å²) in [6, 6.07) is 3.41. The lowest BCUT2D eigenvalue weighted by Gasteiger charge is -2.27. The SMILES string of the molecule is Cc1c(Cl)cc(OC(N)=O)cc1CN1CCOCC1. The third-order valence-corrected chi connectivity index (χ3v) is 3.53. The van der Waals surface area contributed by atoms with E-state index in [1.807, 2.05) is 6.92 Å². The summed E-state index contributed by atoms with van der Waals surface area (Å²) in [7, 11) is 0. The van der Waals surface area contributed by atoms with E-state index in [-0.39, 0.29) is 0 Å². The highest BCUT2D eigenvalue weighted by molar-refractivity contribution is 6.31. The molecule has 0 bridgehead atoms. The molecule has 1 aromatic carbocycles. The summed E-state index contributed by atoms with van der Waals surface area (Å²) < 4.78 is 10.2. The third kappa shape index (κ3) is 3.83. The van der Waals surface area contributed by atoms with Gasteiger partial charge in [-0.3, -0.25) is 4.90 Å². The van der Waals surface area contributed by atoms with Crippen LogP contribution < -0.4 is 10.5 Å². The number of nitrogens with two attached hydrogens (primary N) is 1. The van der Waals surface area contributed by atoms with Gasteiger partial charge in [-0.05, 0) is 30.2 Å². The van der Waals surface area contributed by atoms with Crippen LogP contribution in [-0.4, -0.2) is 37.3 Å². The van der Waals surface area contributed by atoms with Gasteiger partial charge < -0.3 is 15.2 Å². The minimum Gasteiger partial charge on any atom is -0.410 e. The monoisotopic (exact) mass is 284 g/mol. The molecule has 1 aromatic rings. The van der Waals surface area contributed by atoms with Crippen LogP contribution in [0.3, 0.4) is 0 Å². The van der Waals surface area contributed by atoms with Crippen molar-refractivity contribution in [2.75, 3.05) is 26.3 Å². The van der Waals surface area contributed by atoms with Gasteiger partial charge in [-0.15, -0.1) is 0 Å². The van der Waals surface area contributed by atoms with E-state index in [0.717, 1.165) is 44.0 Å². The zero-order chi connectivity index (χ0) is 13.8. The number of ether oxygens (including phenoxy) is 2. The van der Waals surface area contributed by atoms with Crippen LogP contribution in [0, 0.1) is 6.92 Å². The van der Waals surface area contributed by atoms with E-state index in [9.17, 15) is 4.79 Å². The average molecular weight is 285 g/mol. The van der Waals surface area contributed by atoms with Crippen molar-refractivity contribution in [3.8, 4) is 5.75 Å². The van der Waals surface area contributed by atoms with Gasteiger partial charge in [0.05, 0.1) is 13.2 Å². The Labute approximate surface area is 117 Å². The van der Waals surface area contributed by atoms with Crippen molar-refractivity contribution < 1.29 is 14.3 Å². The first-order chi connectivity index (χ1) is 9.06. The number of nitrogens with zero attached hydrogens (tertiary/aromatic N) is 1. The summed E-state index contributed by atoms with van der Waals surface area (Å²) in [5, 5.41) is 0.571. The van der Waals surface area contributed by atoms with Crippen LogP contribution in [0.25, 0.3) is 0 Å². The molecule has 104 valence electrons. The molecule has 19 heavy (non-hydrogen) atoms. The van der Waals surface area contributed by atoms with Crippen LogP contribution in [0.2, 0.25) is 5.02 Å². The number of hydrogen-bond acceptors (Lipinski definition) is 4. The van der Waals surface area contributed by atoms with Gasteiger partial charge in [-0.1, -0.05) is 11.6 Å². The molecular formula is C13H17ClN2O3. The number of benzene rings is 1. The molecule has 1 aliphatic heterocycles. The summed E-state index contributed by atoms with van der Waals surface area (Å²) in [4.78, 5) is 13.1. The molecule has 0 unspecified atom stereocenters. The van der Waals surface area contributed by atoms with Crippen molar-refractivity contribution in [2.45, 2.75) is 13.5 Å². The van der Waals surface area contributed by atoms with Gasteiger partial charge in [0.15, 0.2) is 0 Å². The number of hydrogen-bond donors (Lipinski definition) is 1. The standard InChI is InChI=1S/C13H17ClN2O3/c1-9-10(8-16-2-4-18-5-3-16)6-11(7-12(9)14)19-13(15)17/h6-7H,2-5,8H2,1H3,(H2,15,17). The molecule has 1 saturated heterocycles. The Hall–Kier alpha value is -1.30. The van der Waals surface area contributed by atoms with E-state index in [2.05, 4.69) is 4.90 Å². The number of carbonyl (C=O) groups is 1. The van der Waals surface area contributed by atoms with Gasteiger partial charge in [0.1, 0.15) is 5.75 Å². The van der Waals surface area contributed by atoms with E-state index >= 15 is 0 Å². The summed E-state index contributed by atoms with van der Waals surface area (Å²) in [6.45, 7) is 5.96. The van der Waals surface area contributed by atoms with Crippen molar-refractivity contribution in [3.63, 3.8) is 0 Å². The Balaban J connectivity index is 2.17. The van der Waals surface area contributed by atoms with E-state index < -0.39 is 6.09 Å². The van der Waals surface area contributed by atoms with Gasteiger partial charge in [0, 0.05) is 24.7 Å². The minimum absolute atomic E-state index is 0.381. The van der Waals surface area contributed by atoms with Gasteiger partial charge in [-0.2, -0.15) is 0 Å². The maximum Gasteiger partial charge on any atom is 0.409 e. The molecule has 1 heterocycles. The van der Waals surface area contributed by atoms with Crippen molar-refractivity contribution in [1.82, 2.24) is 4.90 Å². The second kappa shape index (κ2) is 6.23. The van der Waals surface area contributed by atoms with Gasteiger partial charge >= 0.3 is 6.09 Å². The van der Waals surface area contributed by atoms with Crippen molar-refractivity contribution >= 4 is 17.7 Å². The molecule has 0 radical (unpaired) electrons. The van der Waals surface area contributed by atoms with Crippen LogP contribution in [0.4, 0.5) is 4.79 Å². The normalized spacial score (nSPS) is 16.3. The Morgan fingerprint density at radius 3 is 2.79 bits per heavy atom. The number of amides is 1. The minimum atomic E-state index is -0.836. The van der Waals surface area contributed by atoms with Crippen LogP contribution in [-0.2, 0) is 11.3 Å².